The highest BCUT2D eigenvalue weighted by molar-refractivity contribution is 6.30. The number of rotatable bonds is 3. The summed E-state index contributed by atoms with van der Waals surface area (Å²) in [5.74, 6) is 1.09. The zero-order chi connectivity index (χ0) is 11.9. The third-order valence-corrected chi connectivity index (χ3v) is 3.35. The molecule has 0 atom stereocenters. The predicted molar refractivity (Wildman–Crippen MR) is 65.2 cm³/mol. The van der Waals surface area contributed by atoms with Crippen molar-refractivity contribution in [1.82, 2.24) is 0 Å². The highest BCUT2D eigenvalue weighted by atomic mass is 35.5. The van der Waals surface area contributed by atoms with Crippen LogP contribution in [0.4, 0.5) is 0 Å². The first-order valence-electron chi connectivity index (χ1n) is 5.58. The maximum atomic E-state index is 10.3. The molecule has 3 heteroatoms. The summed E-state index contributed by atoms with van der Waals surface area (Å²) in [6.07, 6.45) is 1.63. The van der Waals surface area contributed by atoms with Crippen LogP contribution in [0.1, 0.15) is 43.7 Å². The number of hydrogen-bond donors (Lipinski definition) is 1. The van der Waals surface area contributed by atoms with Gasteiger partial charge < -0.3 is 9.84 Å². The fourth-order valence-electron chi connectivity index (χ4n) is 2.13. The molecular weight excluding hydrogens is 224 g/mol. The quantitative estimate of drug-likeness (QED) is 0.877. The second-order valence-corrected chi connectivity index (χ2v) is 5.19. The molecule has 0 spiro atoms. The second-order valence-electron chi connectivity index (χ2n) is 4.76. The molecule has 1 aromatic rings. The Morgan fingerprint density at radius 1 is 1.38 bits per heavy atom. The fraction of sp³-hybridized carbons (Fsp3) is 0.538. The lowest BCUT2D eigenvalue weighted by Crippen LogP contribution is -2.11. The lowest BCUT2D eigenvalue weighted by Gasteiger charge is -2.20. The van der Waals surface area contributed by atoms with Gasteiger partial charge in [-0.3, -0.25) is 0 Å². The standard InChI is InChI=1S/C13H17ClO2/c1-8(2)12-10(13(15)4-5-13)6-9(14)7-11(12)16-3/h6-8,15H,4-5H2,1-3H3. The van der Waals surface area contributed by atoms with Crippen LogP contribution < -0.4 is 4.74 Å². The molecule has 1 fully saturated rings. The molecule has 0 radical (unpaired) electrons. The van der Waals surface area contributed by atoms with E-state index in [1.165, 1.54) is 0 Å². The summed E-state index contributed by atoms with van der Waals surface area (Å²) in [5, 5.41) is 10.9. The lowest BCUT2D eigenvalue weighted by molar-refractivity contribution is 0.149. The van der Waals surface area contributed by atoms with E-state index < -0.39 is 5.60 Å². The van der Waals surface area contributed by atoms with Gasteiger partial charge in [0.25, 0.3) is 0 Å². The molecule has 0 saturated heterocycles. The smallest absolute Gasteiger partial charge is 0.124 e. The summed E-state index contributed by atoms with van der Waals surface area (Å²) >= 11 is 6.05. The van der Waals surface area contributed by atoms with Gasteiger partial charge in [-0.1, -0.05) is 25.4 Å². The van der Waals surface area contributed by atoms with Crippen molar-refractivity contribution < 1.29 is 9.84 Å². The van der Waals surface area contributed by atoms with Gasteiger partial charge in [-0.25, -0.2) is 0 Å². The first-order valence-corrected chi connectivity index (χ1v) is 5.96. The van der Waals surface area contributed by atoms with Crippen molar-refractivity contribution in [3.8, 4) is 5.75 Å². The molecule has 1 saturated carbocycles. The topological polar surface area (TPSA) is 29.5 Å². The molecule has 2 nitrogen and oxygen atoms in total. The molecule has 1 N–H and O–H groups in total. The van der Waals surface area contributed by atoms with Crippen molar-refractivity contribution in [3.63, 3.8) is 0 Å². The molecule has 1 aromatic carbocycles. The first kappa shape index (κ1) is 11.7. The number of halogens is 1. The number of methoxy groups -OCH3 is 1. The monoisotopic (exact) mass is 240 g/mol. The van der Waals surface area contributed by atoms with Crippen molar-refractivity contribution >= 4 is 11.6 Å². The Kier molecular flexibility index (Phi) is 2.89. The van der Waals surface area contributed by atoms with Crippen LogP contribution in [0.15, 0.2) is 12.1 Å². The molecule has 1 aliphatic carbocycles. The molecular formula is C13H17ClO2. The van der Waals surface area contributed by atoms with Gasteiger partial charge in [-0.15, -0.1) is 0 Å². The predicted octanol–water partition coefficient (Wildman–Crippen LogP) is 3.45. The van der Waals surface area contributed by atoms with Crippen LogP contribution in [0.2, 0.25) is 5.02 Å². The van der Waals surface area contributed by atoms with Crippen molar-refractivity contribution in [3.05, 3.63) is 28.3 Å². The maximum absolute atomic E-state index is 10.3. The van der Waals surface area contributed by atoms with Crippen LogP contribution >= 0.6 is 11.6 Å². The SMILES string of the molecule is COc1cc(Cl)cc(C2(O)CC2)c1C(C)C. The Bertz CT molecular complexity index is 409. The lowest BCUT2D eigenvalue weighted by atomic mass is 9.92. The third kappa shape index (κ3) is 1.92. The zero-order valence-corrected chi connectivity index (χ0v) is 10.6. The summed E-state index contributed by atoms with van der Waals surface area (Å²) < 4.78 is 5.36. The number of aliphatic hydroxyl groups is 1. The molecule has 88 valence electrons. The van der Waals surface area contributed by atoms with E-state index in [2.05, 4.69) is 13.8 Å². The molecule has 2 rings (SSSR count). The van der Waals surface area contributed by atoms with E-state index >= 15 is 0 Å². The average Bonchev–Trinajstić information content (AvgIpc) is 2.96. The number of ether oxygens (including phenoxy) is 1. The van der Waals surface area contributed by atoms with Gasteiger partial charge in [0.1, 0.15) is 5.75 Å². The molecule has 0 bridgehead atoms. The Morgan fingerprint density at radius 3 is 2.44 bits per heavy atom. The van der Waals surface area contributed by atoms with E-state index in [-0.39, 0.29) is 0 Å². The Morgan fingerprint density at radius 2 is 2.00 bits per heavy atom. The summed E-state index contributed by atoms with van der Waals surface area (Å²) in [6.45, 7) is 4.20. The van der Waals surface area contributed by atoms with Crippen LogP contribution in [0.5, 0.6) is 5.75 Å². The Balaban J connectivity index is 2.60. The normalized spacial score (nSPS) is 17.6. The average molecular weight is 241 g/mol. The van der Waals surface area contributed by atoms with Crippen molar-refractivity contribution in [2.45, 2.75) is 38.2 Å². The van der Waals surface area contributed by atoms with E-state index in [9.17, 15) is 5.11 Å². The van der Waals surface area contributed by atoms with Crippen LogP contribution in [-0.2, 0) is 5.60 Å². The van der Waals surface area contributed by atoms with Gasteiger partial charge in [0.2, 0.25) is 0 Å². The summed E-state index contributed by atoms with van der Waals surface area (Å²) in [6, 6.07) is 3.68. The molecule has 0 unspecified atom stereocenters. The maximum Gasteiger partial charge on any atom is 0.124 e. The first-order chi connectivity index (χ1) is 7.48. The van der Waals surface area contributed by atoms with E-state index in [1.54, 1.807) is 7.11 Å². The summed E-state index contributed by atoms with van der Waals surface area (Å²) in [5.41, 5.74) is 1.34. The van der Waals surface area contributed by atoms with Gasteiger partial charge in [-0.05, 0) is 36.5 Å². The summed E-state index contributed by atoms with van der Waals surface area (Å²) in [7, 11) is 1.64. The second kappa shape index (κ2) is 3.94. The molecule has 0 heterocycles. The van der Waals surface area contributed by atoms with E-state index in [4.69, 9.17) is 16.3 Å². The molecule has 16 heavy (non-hydrogen) atoms. The molecule has 0 aromatic heterocycles. The Hall–Kier alpha value is -0.730. The van der Waals surface area contributed by atoms with Crippen LogP contribution in [0.25, 0.3) is 0 Å². The number of hydrogen-bond acceptors (Lipinski definition) is 2. The van der Waals surface area contributed by atoms with Gasteiger partial charge in [-0.2, -0.15) is 0 Å². The van der Waals surface area contributed by atoms with Gasteiger partial charge >= 0.3 is 0 Å². The third-order valence-electron chi connectivity index (χ3n) is 3.13. The molecule has 0 aliphatic heterocycles. The minimum Gasteiger partial charge on any atom is -0.496 e. The van der Waals surface area contributed by atoms with Crippen LogP contribution in [0.3, 0.4) is 0 Å². The van der Waals surface area contributed by atoms with Crippen LogP contribution in [0, 0.1) is 0 Å². The zero-order valence-electron chi connectivity index (χ0n) is 9.88. The minimum atomic E-state index is -0.669. The van der Waals surface area contributed by atoms with Gasteiger partial charge in [0.15, 0.2) is 0 Å². The van der Waals surface area contributed by atoms with E-state index in [1.807, 2.05) is 12.1 Å². The fourth-order valence-corrected chi connectivity index (χ4v) is 2.34. The molecule has 0 amide bonds. The van der Waals surface area contributed by atoms with Crippen molar-refractivity contribution in [2.24, 2.45) is 0 Å². The molecule has 1 aliphatic rings. The Labute approximate surface area is 101 Å². The van der Waals surface area contributed by atoms with Gasteiger partial charge in [0, 0.05) is 10.6 Å². The van der Waals surface area contributed by atoms with Crippen molar-refractivity contribution in [1.29, 1.82) is 0 Å². The van der Waals surface area contributed by atoms with Crippen LogP contribution in [-0.4, -0.2) is 12.2 Å². The number of benzene rings is 1. The van der Waals surface area contributed by atoms with Gasteiger partial charge in [0.05, 0.1) is 12.7 Å². The van der Waals surface area contributed by atoms with E-state index in [0.717, 1.165) is 29.7 Å². The van der Waals surface area contributed by atoms with Crippen molar-refractivity contribution in [2.75, 3.05) is 7.11 Å². The minimum absolute atomic E-state index is 0.312. The highest BCUT2D eigenvalue weighted by Crippen LogP contribution is 2.50. The highest BCUT2D eigenvalue weighted by Gasteiger charge is 2.44. The van der Waals surface area contributed by atoms with E-state index in [0.29, 0.717) is 10.9 Å². The summed E-state index contributed by atoms with van der Waals surface area (Å²) in [4.78, 5) is 0. The largest absolute Gasteiger partial charge is 0.496 e.